The molecule has 0 bridgehead atoms. The Balaban J connectivity index is 1.69. The number of anilines is 1. The van der Waals surface area contributed by atoms with Crippen molar-refractivity contribution in [3.8, 4) is 11.5 Å². The number of esters is 1. The summed E-state index contributed by atoms with van der Waals surface area (Å²) < 4.78 is 22.8. The number of rotatable bonds is 9. The largest absolute Gasteiger partial charge is 0.493 e. The van der Waals surface area contributed by atoms with Crippen LogP contribution in [-0.4, -0.2) is 32.2 Å². The molecule has 1 aromatic heterocycles. The summed E-state index contributed by atoms with van der Waals surface area (Å²) in [6.45, 7) is 8.49. The molecule has 8 heteroatoms. The van der Waals surface area contributed by atoms with Gasteiger partial charge in [0.05, 0.1) is 42.9 Å². The molecule has 41 heavy (non-hydrogen) atoms. The smallest absolute Gasteiger partial charge is 0.338 e. The van der Waals surface area contributed by atoms with E-state index in [0.717, 1.165) is 24.0 Å². The molecule has 0 radical (unpaired) electrons. The van der Waals surface area contributed by atoms with Gasteiger partial charge in [0, 0.05) is 5.69 Å². The Morgan fingerprint density at radius 3 is 2.37 bits per heavy atom. The first-order chi connectivity index (χ1) is 19.8. The Bertz CT molecular complexity index is 1690. The second-order valence-electron chi connectivity index (χ2n) is 10.1. The van der Waals surface area contributed by atoms with Gasteiger partial charge in [-0.15, -0.1) is 0 Å². The summed E-state index contributed by atoms with van der Waals surface area (Å²) in [5.41, 5.74) is 3.76. The highest BCUT2D eigenvalue weighted by molar-refractivity contribution is 6.11. The SMILES string of the molecule is CCCCOc1ccc(C2c3c(oc4cc(C)c(C)cc4c3=O)C(=O)N2c2ccc(C(=O)OCC)cc2)cc1OC. The molecule has 1 aliphatic rings. The molecule has 5 rings (SSSR count). The van der Waals surface area contributed by atoms with Crippen molar-refractivity contribution in [1.82, 2.24) is 0 Å². The average molecular weight is 556 g/mol. The molecule has 2 heterocycles. The Labute approximate surface area is 238 Å². The van der Waals surface area contributed by atoms with Gasteiger partial charge in [-0.3, -0.25) is 14.5 Å². The number of nitrogens with zero attached hydrogens (tertiary/aromatic N) is 1. The minimum atomic E-state index is -0.799. The van der Waals surface area contributed by atoms with Gasteiger partial charge in [-0.05, 0) is 92.4 Å². The summed E-state index contributed by atoms with van der Waals surface area (Å²) in [6.07, 6.45) is 1.89. The normalized spacial score (nSPS) is 14.3. The number of amides is 1. The van der Waals surface area contributed by atoms with Gasteiger partial charge in [-0.1, -0.05) is 19.4 Å². The van der Waals surface area contributed by atoms with Crippen molar-refractivity contribution in [2.75, 3.05) is 25.2 Å². The van der Waals surface area contributed by atoms with Gasteiger partial charge in [-0.2, -0.15) is 0 Å². The minimum absolute atomic E-state index is 0.00698. The van der Waals surface area contributed by atoms with Crippen LogP contribution in [0, 0.1) is 13.8 Å². The number of fused-ring (bicyclic) bond motifs is 2. The second-order valence-corrected chi connectivity index (χ2v) is 10.1. The topological polar surface area (TPSA) is 95.3 Å². The van der Waals surface area contributed by atoms with Crippen LogP contribution in [0.3, 0.4) is 0 Å². The highest BCUT2D eigenvalue weighted by Crippen LogP contribution is 2.43. The highest BCUT2D eigenvalue weighted by atomic mass is 16.5. The van der Waals surface area contributed by atoms with Crippen molar-refractivity contribution in [3.05, 3.63) is 98.4 Å². The van der Waals surface area contributed by atoms with Crippen LogP contribution in [0.4, 0.5) is 5.69 Å². The molecule has 0 saturated carbocycles. The van der Waals surface area contributed by atoms with E-state index >= 15 is 0 Å². The molecule has 0 spiro atoms. The van der Waals surface area contributed by atoms with E-state index in [9.17, 15) is 14.4 Å². The predicted octanol–water partition coefficient (Wildman–Crippen LogP) is 6.52. The summed E-state index contributed by atoms with van der Waals surface area (Å²) >= 11 is 0. The van der Waals surface area contributed by atoms with E-state index in [1.807, 2.05) is 19.9 Å². The Kier molecular flexibility index (Phi) is 7.83. The summed E-state index contributed by atoms with van der Waals surface area (Å²) in [5, 5.41) is 0.413. The monoisotopic (exact) mass is 555 g/mol. The van der Waals surface area contributed by atoms with Gasteiger partial charge >= 0.3 is 5.97 Å². The molecule has 0 N–H and O–H groups in total. The number of hydrogen-bond acceptors (Lipinski definition) is 7. The first kappa shape index (κ1) is 28.0. The van der Waals surface area contributed by atoms with Gasteiger partial charge in [0.25, 0.3) is 5.91 Å². The van der Waals surface area contributed by atoms with E-state index in [-0.39, 0.29) is 23.4 Å². The molecular weight excluding hydrogens is 522 g/mol. The van der Waals surface area contributed by atoms with Crippen LogP contribution in [-0.2, 0) is 4.74 Å². The Hall–Kier alpha value is -4.59. The van der Waals surface area contributed by atoms with Crippen molar-refractivity contribution in [2.45, 2.75) is 46.6 Å². The molecule has 8 nitrogen and oxygen atoms in total. The molecule has 1 amide bonds. The number of carbonyl (C=O) groups excluding carboxylic acids is 2. The number of aryl methyl sites for hydroxylation is 2. The zero-order chi connectivity index (χ0) is 29.3. The van der Waals surface area contributed by atoms with Crippen molar-refractivity contribution in [1.29, 1.82) is 0 Å². The standard InChI is InChI=1S/C33H33NO7/c1-6-8-15-40-25-14-11-22(18-27(25)38-5)29-28-30(35)24-16-19(3)20(4)17-26(24)41-31(28)32(36)34(29)23-12-9-21(10-13-23)33(37)39-7-2/h9-14,16-18,29H,6-8,15H2,1-5H3. The zero-order valence-corrected chi connectivity index (χ0v) is 23.9. The number of hydrogen-bond donors (Lipinski definition) is 0. The van der Waals surface area contributed by atoms with Crippen molar-refractivity contribution < 1.29 is 28.2 Å². The molecule has 212 valence electrons. The third-order valence-electron chi connectivity index (χ3n) is 7.40. The lowest BCUT2D eigenvalue weighted by atomic mass is 9.96. The first-order valence-electron chi connectivity index (χ1n) is 13.8. The number of benzene rings is 3. The van der Waals surface area contributed by atoms with E-state index in [4.69, 9.17) is 18.6 Å². The molecular formula is C33H33NO7. The van der Waals surface area contributed by atoms with E-state index in [1.54, 1.807) is 62.6 Å². The van der Waals surface area contributed by atoms with Crippen molar-refractivity contribution in [2.24, 2.45) is 0 Å². The number of ether oxygens (including phenoxy) is 3. The molecule has 0 fully saturated rings. The number of carbonyl (C=O) groups is 2. The van der Waals surface area contributed by atoms with Crippen LogP contribution in [0.5, 0.6) is 11.5 Å². The third-order valence-corrected chi connectivity index (χ3v) is 7.40. The van der Waals surface area contributed by atoms with Crippen LogP contribution < -0.4 is 19.8 Å². The number of unbranched alkanes of at least 4 members (excludes halogenated alkanes) is 1. The fourth-order valence-corrected chi connectivity index (χ4v) is 5.08. The molecule has 1 unspecified atom stereocenters. The maximum absolute atomic E-state index is 14.0. The van der Waals surface area contributed by atoms with Crippen LogP contribution in [0.25, 0.3) is 11.0 Å². The van der Waals surface area contributed by atoms with E-state index in [1.165, 1.54) is 4.90 Å². The van der Waals surface area contributed by atoms with Gasteiger partial charge in [-0.25, -0.2) is 4.79 Å². The third kappa shape index (κ3) is 5.06. The highest BCUT2D eigenvalue weighted by Gasteiger charge is 2.44. The first-order valence-corrected chi connectivity index (χ1v) is 13.8. The fraction of sp³-hybridized carbons (Fsp3) is 0.303. The molecule has 3 aromatic carbocycles. The summed E-state index contributed by atoms with van der Waals surface area (Å²) in [7, 11) is 1.55. The van der Waals surface area contributed by atoms with Crippen molar-refractivity contribution >= 4 is 28.5 Å². The summed E-state index contributed by atoms with van der Waals surface area (Å²) in [5.74, 6) is 0.162. The lowest BCUT2D eigenvalue weighted by molar-refractivity contribution is 0.0526. The maximum Gasteiger partial charge on any atom is 0.338 e. The Morgan fingerprint density at radius 1 is 0.951 bits per heavy atom. The predicted molar refractivity (Wildman–Crippen MR) is 156 cm³/mol. The average Bonchev–Trinajstić information content (AvgIpc) is 3.26. The summed E-state index contributed by atoms with van der Waals surface area (Å²) in [6, 6.07) is 14.8. The van der Waals surface area contributed by atoms with E-state index in [0.29, 0.717) is 45.9 Å². The minimum Gasteiger partial charge on any atom is -0.493 e. The quantitative estimate of drug-likeness (QED) is 0.171. The zero-order valence-electron chi connectivity index (χ0n) is 23.9. The summed E-state index contributed by atoms with van der Waals surface area (Å²) in [4.78, 5) is 41.8. The molecule has 4 aromatic rings. The van der Waals surface area contributed by atoms with Gasteiger partial charge in [0.1, 0.15) is 5.58 Å². The second kappa shape index (κ2) is 11.5. The van der Waals surface area contributed by atoms with Crippen molar-refractivity contribution in [3.63, 3.8) is 0 Å². The maximum atomic E-state index is 14.0. The van der Waals surface area contributed by atoms with E-state index in [2.05, 4.69) is 6.92 Å². The van der Waals surface area contributed by atoms with Gasteiger partial charge in [0.15, 0.2) is 16.9 Å². The molecule has 1 aliphatic heterocycles. The Morgan fingerprint density at radius 2 is 1.68 bits per heavy atom. The van der Waals surface area contributed by atoms with Crippen LogP contribution >= 0.6 is 0 Å². The van der Waals surface area contributed by atoms with Gasteiger partial charge in [0.2, 0.25) is 5.76 Å². The lowest BCUT2D eigenvalue weighted by Crippen LogP contribution is -2.29. The number of methoxy groups -OCH3 is 1. The van der Waals surface area contributed by atoms with Crippen LogP contribution in [0.15, 0.2) is 63.8 Å². The molecule has 0 aliphatic carbocycles. The fourth-order valence-electron chi connectivity index (χ4n) is 5.08. The van der Waals surface area contributed by atoms with E-state index < -0.39 is 17.9 Å². The molecule has 0 saturated heterocycles. The van der Waals surface area contributed by atoms with Gasteiger partial charge < -0.3 is 18.6 Å². The lowest BCUT2D eigenvalue weighted by Gasteiger charge is -2.26. The molecule has 1 atom stereocenters. The van der Waals surface area contributed by atoms with Crippen LogP contribution in [0.1, 0.15) is 75.9 Å². The van der Waals surface area contributed by atoms with Crippen LogP contribution in [0.2, 0.25) is 0 Å².